The zero-order valence-electron chi connectivity index (χ0n) is 7.83. The third-order valence-corrected chi connectivity index (χ3v) is 1.82. The first-order chi connectivity index (χ1) is 6.69. The first-order valence-corrected chi connectivity index (χ1v) is 4.22. The highest BCUT2D eigenvalue weighted by Gasteiger charge is 2.11. The van der Waals surface area contributed by atoms with Gasteiger partial charge in [-0.25, -0.2) is 15.0 Å². The van der Waals surface area contributed by atoms with Crippen LogP contribution in [0.15, 0.2) is 24.3 Å². The van der Waals surface area contributed by atoms with E-state index in [1.165, 1.54) is 29.2 Å². The Morgan fingerprint density at radius 3 is 2.50 bits per heavy atom. The van der Waals surface area contributed by atoms with E-state index in [0.29, 0.717) is 12.2 Å². The molecule has 5 heteroatoms. The number of nitrogens with zero attached hydrogens (tertiary/aromatic N) is 1. The van der Waals surface area contributed by atoms with Crippen molar-refractivity contribution in [2.45, 2.75) is 6.92 Å². The molecule has 3 N–H and O–H groups in total. The van der Waals surface area contributed by atoms with E-state index in [0.717, 1.165) is 0 Å². The largest absolute Gasteiger partial charge is 0.335 e. The lowest BCUT2D eigenvalue weighted by molar-refractivity contribution is 0.247. The minimum absolute atomic E-state index is 0.335. The summed E-state index contributed by atoms with van der Waals surface area (Å²) in [6.45, 7) is 2.27. The molecule has 0 aliphatic rings. The Kier molecular flexibility index (Phi) is 3.41. The fourth-order valence-electron chi connectivity index (χ4n) is 1.14. The second-order valence-corrected chi connectivity index (χ2v) is 2.67. The molecule has 0 atom stereocenters. The van der Waals surface area contributed by atoms with Crippen molar-refractivity contribution in [1.82, 2.24) is 5.43 Å². The molecule has 0 saturated carbocycles. The number of urea groups is 1. The Balaban J connectivity index is 2.89. The predicted octanol–water partition coefficient (Wildman–Crippen LogP) is 1.24. The Morgan fingerprint density at radius 2 is 2.07 bits per heavy atom. The summed E-state index contributed by atoms with van der Waals surface area (Å²) in [5, 5.41) is 0. The van der Waals surface area contributed by atoms with E-state index in [1.54, 1.807) is 6.92 Å². The second kappa shape index (κ2) is 4.57. The molecule has 1 aromatic carbocycles. The fourth-order valence-corrected chi connectivity index (χ4v) is 1.14. The van der Waals surface area contributed by atoms with Crippen LogP contribution in [0.3, 0.4) is 0 Å². The van der Waals surface area contributed by atoms with Gasteiger partial charge < -0.3 is 0 Å². The maximum atomic E-state index is 12.6. The molecule has 76 valence electrons. The standard InChI is InChI=1S/C9H12FN3O/c1-2-13(9(14)12-11)8-5-3-7(10)4-6-8/h3-6H,2,11H2,1H3,(H,12,14). The molecule has 0 aliphatic heterocycles. The molecule has 0 spiro atoms. The molecular weight excluding hydrogens is 185 g/mol. The van der Waals surface area contributed by atoms with Gasteiger partial charge in [-0.1, -0.05) is 0 Å². The van der Waals surface area contributed by atoms with Crippen LogP contribution in [0.5, 0.6) is 0 Å². The van der Waals surface area contributed by atoms with Gasteiger partial charge in [0.15, 0.2) is 0 Å². The number of anilines is 1. The maximum absolute atomic E-state index is 12.6. The molecular formula is C9H12FN3O. The zero-order chi connectivity index (χ0) is 10.6. The van der Waals surface area contributed by atoms with Crippen molar-refractivity contribution in [3.63, 3.8) is 0 Å². The van der Waals surface area contributed by atoms with Crippen LogP contribution in [0.4, 0.5) is 14.9 Å². The third-order valence-electron chi connectivity index (χ3n) is 1.82. The summed E-state index contributed by atoms with van der Waals surface area (Å²) in [5.41, 5.74) is 2.63. The van der Waals surface area contributed by atoms with E-state index in [2.05, 4.69) is 0 Å². The van der Waals surface area contributed by atoms with Crippen LogP contribution in [-0.2, 0) is 0 Å². The van der Waals surface area contributed by atoms with E-state index >= 15 is 0 Å². The monoisotopic (exact) mass is 197 g/mol. The lowest BCUT2D eigenvalue weighted by atomic mass is 10.3. The van der Waals surface area contributed by atoms with Crippen LogP contribution in [0, 0.1) is 5.82 Å². The van der Waals surface area contributed by atoms with E-state index in [4.69, 9.17) is 5.84 Å². The van der Waals surface area contributed by atoms with Crippen molar-refractivity contribution in [1.29, 1.82) is 0 Å². The van der Waals surface area contributed by atoms with Crippen LogP contribution < -0.4 is 16.2 Å². The van der Waals surface area contributed by atoms with Gasteiger partial charge >= 0.3 is 6.03 Å². The molecule has 0 saturated heterocycles. The molecule has 2 amide bonds. The molecule has 0 heterocycles. The topological polar surface area (TPSA) is 58.4 Å². The minimum atomic E-state index is -0.417. The number of hydrogen-bond acceptors (Lipinski definition) is 2. The molecule has 0 fully saturated rings. The van der Waals surface area contributed by atoms with Crippen LogP contribution in [0.25, 0.3) is 0 Å². The first kappa shape index (κ1) is 10.5. The molecule has 14 heavy (non-hydrogen) atoms. The Labute approximate surface area is 81.5 Å². The number of amides is 2. The van der Waals surface area contributed by atoms with Gasteiger partial charge in [-0.2, -0.15) is 0 Å². The minimum Gasteiger partial charge on any atom is -0.294 e. The number of halogens is 1. The fraction of sp³-hybridized carbons (Fsp3) is 0.222. The molecule has 0 aromatic heterocycles. The molecule has 4 nitrogen and oxygen atoms in total. The van der Waals surface area contributed by atoms with Crippen LogP contribution in [0.1, 0.15) is 6.92 Å². The predicted molar refractivity (Wildman–Crippen MR) is 52.1 cm³/mol. The summed E-state index contributed by atoms with van der Waals surface area (Å²) in [7, 11) is 0. The van der Waals surface area contributed by atoms with Gasteiger partial charge in [-0.3, -0.25) is 10.3 Å². The van der Waals surface area contributed by atoms with Gasteiger partial charge in [0, 0.05) is 12.2 Å². The van der Waals surface area contributed by atoms with Crippen molar-refractivity contribution in [2.24, 2.45) is 5.84 Å². The average molecular weight is 197 g/mol. The summed E-state index contributed by atoms with van der Waals surface area (Å²) < 4.78 is 12.6. The van der Waals surface area contributed by atoms with E-state index < -0.39 is 6.03 Å². The number of carbonyl (C=O) groups is 1. The van der Waals surface area contributed by atoms with Crippen molar-refractivity contribution in [3.8, 4) is 0 Å². The normalized spacial score (nSPS) is 9.64. The number of nitrogens with one attached hydrogen (secondary N) is 1. The van der Waals surface area contributed by atoms with Gasteiger partial charge in [0.2, 0.25) is 0 Å². The molecule has 0 aliphatic carbocycles. The van der Waals surface area contributed by atoms with E-state index in [9.17, 15) is 9.18 Å². The van der Waals surface area contributed by atoms with Gasteiger partial charge in [0.1, 0.15) is 5.82 Å². The Morgan fingerprint density at radius 1 is 1.50 bits per heavy atom. The molecule has 0 bridgehead atoms. The highest BCUT2D eigenvalue weighted by molar-refractivity contribution is 5.91. The first-order valence-electron chi connectivity index (χ1n) is 4.22. The highest BCUT2D eigenvalue weighted by Crippen LogP contribution is 2.14. The number of benzene rings is 1. The number of nitrogens with two attached hydrogens (primary N) is 1. The summed E-state index contributed by atoms with van der Waals surface area (Å²) in [6.07, 6.45) is 0. The Bertz CT molecular complexity index is 312. The van der Waals surface area contributed by atoms with Crippen molar-refractivity contribution in [2.75, 3.05) is 11.4 Å². The number of carbonyl (C=O) groups excluding carboxylic acids is 1. The SMILES string of the molecule is CCN(C(=O)NN)c1ccc(F)cc1. The number of rotatable bonds is 2. The number of hydrazine groups is 1. The maximum Gasteiger partial charge on any atom is 0.335 e. The van der Waals surface area contributed by atoms with Gasteiger partial charge in [0.05, 0.1) is 0 Å². The summed E-state index contributed by atoms with van der Waals surface area (Å²) in [4.78, 5) is 12.6. The van der Waals surface area contributed by atoms with Gasteiger partial charge in [-0.05, 0) is 31.2 Å². The molecule has 0 radical (unpaired) electrons. The Hall–Kier alpha value is -1.62. The van der Waals surface area contributed by atoms with Gasteiger partial charge in [-0.15, -0.1) is 0 Å². The van der Waals surface area contributed by atoms with E-state index in [1.807, 2.05) is 5.43 Å². The zero-order valence-corrected chi connectivity index (χ0v) is 7.83. The lowest BCUT2D eigenvalue weighted by Gasteiger charge is -2.19. The molecule has 1 rings (SSSR count). The van der Waals surface area contributed by atoms with Crippen molar-refractivity contribution in [3.05, 3.63) is 30.1 Å². The van der Waals surface area contributed by atoms with Crippen LogP contribution in [0.2, 0.25) is 0 Å². The van der Waals surface area contributed by atoms with Crippen molar-refractivity contribution < 1.29 is 9.18 Å². The van der Waals surface area contributed by atoms with E-state index in [-0.39, 0.29) is 5.82 Å². The molecule has 1 aromatic rings. The summed E-state index contributed by atoms with van der Waals surface area (Å²) in [6, 6.07) is 5.21. The smallest absolute Gasteiger partial charge is 0.294 e. The van der Waals surface area contributed by atoms with Crippen LogP contribution >= 0.6 is 0 Å². The summed E-state index contributed by atoms with van der Waals surface area (Å²) >= 11 is 0. The quantitative estimate of drug-likeness (QED) is 0.425. The van der Waals surface area contributed by atoms with Crippen molar-refractivity contribution >= 4 is 11.7 Å². The average Bonchev–Trinajstić information content (AvgIpc) is 2.21. The molecule has 0 unspecified atom stereocenters. The second-order valence-electron chi connectivity index (χ2n) is 2.67. The van der Waals surface area contributed by atoms with Crippen LogP contribution in [-0.4, -0.2) is 12.6 Å². The lowest BCUT2D eigenvalue weighted by Crippen LogP contribution is -2.43. The third kappa shape index (κ3) is 2.20. The summed E-state index contributed by atoms with van der Waals surface area (Å²) in [5.74, 6) is 4.67. The van der Waals surface area contributed by atoms with Gasteiger partial charge in [0.25, 0.3) is 0 Å². The number of hydrogen-bond donors (Lipinski definition) is 2. The highest BCUT2D eigenvalue weighted by atomic mass is 19.1.